The number of fused-ring (bicyclic) bond motifs is 1. The second-order valence-electron chi connectivity index (χ2n) is 7.07. The van der Waals surface area contributed by atoms with Crippen molar-refractivity contribution in [1.29, 1.82) is 0 Å². The SMILES string of the molecule is O=C(OCc1ccccc1)C(=O)c1cc(Cn2c(=O)[nH]c(=O)c3ccccc32)ccc1F. The van der Waals surface area contributed by atoms with Crippen LogP contribution in [-0.4, -0.2) is 21.3 Å². The molecular formula is C24H17FN2O5. The topological polar surface area (TPSA) is 98.2 Å². The second kappa shape index (κ2) is 8.81. The molecule has 7 nitrogen and oxygen atoms in total. The number of hydrogen-bond acceptors (Lipinski definition) is 5. The predicted octanol–water partition coefficient (Wildman–Crippen LogP) is 2.80. The van der Waals surface area contributed by atoms with Crippen LogP contribution in [0.25, 0.3) is 10.9 Å². The van der Waals surface area contributed by atoms with Crippen LogP contribution in [0, 0.1) is 5.82 Å². The van der Waals surface area contributed by atoms with E-state index in [1.54, 1.807) is 54.6 Å². The van der Waals surface area contributed by atoms with E-state index in [0.29, 0.717) is 22.0 Å². The summed E-state index contributed by atoms with van der Waals surface area (Å²) >= 11 is 0. The van der Waals surface area contributed by atoms with Gasteiger partial charge in [0.1, 0.15) is 12.4 Å². The second-order valence-corrected chi connectivity index (χ2v) is 7.07. The Morgan fingerprint density at radius 3 is 2.41 bits per heavy atom. The highest BCUT2D eigenvalue weighted by molar-refractivity contribution is 6.40. The maximum Gasteiger partial charge on any atom is 0.380 e. The molecule has 8 heteroatoms. The molecule has 160 valence electrons. The zero-order valence-corrected chi connectivity index (χ0v) is 16.7. The van der Waals surface area contributed by atoms with Crippen LogP contribution >= 0.6 is 0 Å². The number of aromatic amines is 1. The molecule has 0 unspecified atom stereocenters. The molecule has 0 radical (unpaired) electrons. The van der Waals surface area contributed by atoms with Gasteiger partial charge in [-0.05, 0) is 35.4 Å². The van der Waals surface area contributed by atoms with E-state index in [-0.39, 0.29) is 13.2 Å². The fourth-order valence-corrected chi connectivity index (χ4v) is 3.33. The van der Waals surface area contributed by atoms with Crippen molar-refractivity contribution in [2.75, 3.05) is 0 Å². The average molecular weight is 432 g/mol. The fourth-order valence-electron chi connectivity index (χ4n) is 3.33. The molecule has 3 aromatic carbocycles. The fraction of sp³-hybridized carbons (Fsp3) is 0.0833. The number of para-hydroxylation sites is 1. The number of ketones is 1. The van der Waals surface area contributed by atoms with Crippen molar-refractivity contribution in [3.05, 3.63) is 116 Å². The Hall–Kier alpha value is -4.33. The van der Waals surface area contributed by atoms with Gasteiger partial charge < -0.3 is 4.74 Å². The molecule has 4 rings (SSSR count). The van der Waals surface area contributed by atoms with Crippen molar-refractivity contribution in [2.45, 2.75) is 13.2 Å². The Morgan fingerprint density at radius 1 is 0.906 bits per heavy atom. The van der Waals surface area contributed by atoms with Crippen molar-refractivity contribution < 1.29 is 18.7 Å². The Morgan fingerprint density at radius 2 is 1.62 bits per heavy atom. The molecule has 0 atom stereocenters. The largest absolute Gasteiger partial charge is 0.455 e. The van der Waals surface area contributed by atoms with Gasteiger partial charge in [0.05, 0.1) is 23.0 Å². The number of Topliss-reactive ketones (excluding diaryl/α,β-unsaturated/α-hetero) is 1. The molecule has 0 saturated carbocycles. The van der Waals surface area contributed by atoms with Crippen molar-refractivity contribution in [2.24, 2.45) is 0 Å². The maximum atomic E-state index is 14.3. The molecule has 0 fully saturated rings. The smallest absolute Gasteiger partial charge is 0.380 e. The number of ether oxygens (including phenoxy) is 1. The van der Waals surface area contributed by atoms with Crippen molar-refractivity contribution in [1.82, 2.24) is 9.55 Å². The van der Waals surface area contributed by atoms with Crippen LogP contribution in [0.15, 0.2) is 82.4 Å². The van der Waals surface area contributed by atoms with E-state index in [1.807, 2.05) is 0 Å². The Bertz CT molecular complexity index is 1440. The highest BCUT2D eigenvalue weighted by atomic mass is 19.1. The monoisotopic (exact) mass is 432 g/mol. The van der Waals surface area contributed by atoms with Gasteiger partial charge in [-0.25, -0.2) is 14.0 Å². The molecule has 0 bridgehead atoms. The van der Waals surface area contributed by atoms with E-state index in [2.05, 4.69) is 4.98 Å². The molecule has 0 saturated heterocycles. The maximum absolute atomic E-state index is 14.3. The number of nitrogens with zero attached hydrogens (tertiary/aromatic N) is 1. The van der Waals surface area contributed by atoms with Gasteiger partial charge in [0.2, 0.25) is 0 Å². The van der Waals surface area contributed by atoms with Crippen molar-refractivity contribution in [3.63, 3.8) is 0 Å². The summed E-state index contributed by atoms with van der Waals surface area (Å²) < 4.78 is 20.6. The minimum Gasteiger partial charge on any atom is -0.455 e. The molecule has 0 aliphatic heterocycles. The number of carbonyl (C=O) groups excluding carboxylic acids is 2. The van der Waals surface area contributed by atoms with Gasteiger partial charge in [0, 0.05) is 0 Å². The summed E-state index contributed by atoms with van der Waals surface area (Å²) in [5.41, 5.74) is -0.147. The summed E-state index contributed by atoms with van der Waals surface area (Å²) in [4.78, 5) is 51.3. The minimum atomic E-state index is -1.18. The molecule has 0 spiro atoms. The summed E-state index contributed by atoms with van der Waals surface area (Å²) in [7, 11) is 0. The van der Waals surface area contributed by atoms with Gasteiger partial charge in [0.15, 0.2) is 0 Å². The van der Waals surface area contributed by atoms with Crippen LogP contribution in [0.2, 0.25) is 0 Å². The summed E-state index contributed by atoms with van der Waals surface area (Å²) in [5.74, 6) is -3.19. The number of hydrogen-bond donors (Lipinski definition) is 1. The van der Waals surface area contributed by atoms with Crippen molar-refractivity contribution >= 4 is 22.7 Å². The van der Waals surface area contributed by atoms with Crippen LogP contribution in [0.5, 0.6) is 0 Å². The van der Waals surface area contributed by atoms with Gasteiger partial charge in [-0.1, -0.05) is 48.5 Å². The average Bonchev–Trinajstić information content (AvgIpc) is 2.81. The van der Waals surface area contributed by atoms with Crippen LogP contribution in [0.4, 0.5) is 4.39 Å². The lowest BCUT2D eigenvalue weighted by atomic mass is 10.1. The number of H-pyrrole nitrogens is 1. The van der Waals surface area contributed by atoms with E-state index < -0.39 is 34.4 Å². The first-order chi connectivity index (χ1) is 15.4. The third-order valence-corrected chi connectivity index (χ3v) is 4.92. The quantitative estimate of drug-likeness (QED) is 0.287. The number of carbonyl (C=O) groups is 2. The molecule has 0 aliphatic rings. The molecule has 0 aliphatic carbocycles. The van der Waals surface area contributed by atoms with E-state index >= 15 is 0 Å². The van der Waals surface area contributed by atoms with Gasteiger partial charge in [-0.3, -0.25) is 19.1 Å². The Balaban J connectivity index is 1.60. The number of aromatic nitrogens is 2. The highest BCUT2D eigenvalue weighted by Crippen LogP contribution is 2.15. The zero-order chi connectivity index (χ0) is 22.7. The lowest BCUT2D eigenvalue weighted by Crippen LogP contribution is -2.30. The standard InChI is InChI=1S/C24H17FN2O5/c25-19-11-10-16(13-27-20-9-5-4-8-17(20)22(29)26-24(27)31)12-18(19)21(28)23(30)32-14-15-6-2-1-3-7-15/h1-12H,13-14H2,(H,26,29,31). The van der Waals surface area contributed by atoms with E-state index in [1.165, 1.54) is 16.7 Å². The van der Waals surface area contributed by atoms with E-state index in [0.717, 1.165) is 6.07 Å². The number of nitrogens with one attached hydrogen (secondary N) is 1. The number of esters is 1. The molecule has 1 aromatic heterocycles. The van der Waals surface area contributed by atoms with Gasteiger partial charge >= 0.3 is 11.7 Å². The normalized spacial score (nSPS) is 10.8. The van der Waals surface area contributed by atoms with Gasteiger partial charge in [0.25, 0.3) is 11.3 Å². The highest BCUT2D eigenvalue weighted by Gasteiger charge is 2.22. The zero-order valence-electron chi connectivity index (χ0n) is 16.7. The number of benzene rings is 3. The first-order valence-electron chi connectivity index (χ1n) is 9.69. The van der Waals surface area contributed by atoms with Crippen LogP contribution < -0.4 is 11.2 Å². The number of rotatable bonds is 6. The summed E-state index contributed by atoms with van der Waals surface area (Å²) in [6.45, 7) is -0.165. The molecule has 32 heavy (non-hydrogen) atoms. The van der Waals surface area contributed by atoms with E-state index in [4.69, 9.17) is 4.74 Å². The molecular weight excluding hydrogens is 415 g/mol. The lowest BCUT2D eigenvalue weighted by Gasteiger charge is -2.11. The molecule has 1 heterocycles. The van der Waals surface area contributed by atoms with Crippen molar-refractivity contribution in [3.8, 4) is 0 Å². The van der Waals surface area contributed by atoms with Gasteiger partial charge in [-0.2, -0.15) is 0 Å². The van der Waals surface area contributed by atoms with E-state index in [9.17, 15) is 23.6 Å². The molecule has 1 N–H and O–H groups in total. The van der Waals surface area contributed by atoms with Crippen LogP contribution in [-0.2, 0) is 22.7 Å². The Kier molecular flexibility index (Phi) is 5.76. The first kappa shape index (κ1) is 20.9. The third-order valence-electron chi connectivity index (χ3n) is 4.92. The summed E-state index contributed by atoms with van der Waals surface area (Å²) in [5, 5.41) is 0.315. The molecule has 0 amide bonds. The summed E-state index contributed by atoms with van der Waals surface area (Å²) in [6.07, 6.45) is 0. The predicted molar refractivity (Wildman–Crippen MR) is 115 cm³/mol. The first-order valence-corrected chi connectivity index (χ1v) is 9.69. The van der Waals surface area contributed by atoms with Gasteiger partial charge in [-0.15, -0.1) is 0 Å². The lowest BCUT2D eigenvalue weighted by molar-refractivity contribution is -0.139. The Labute approximate surface area is 180 Å². The van der Waals surface area contributed by atoms with Crippen LogP contribution in [0.1, 0.15) is 21.5 Å². The summed E-state index contributed by atoms with van der Waals surface area (Å²) in [6, 6.07) is 19.0. The third kappa shape index (κ3) is 4.24. The number of halogens is 1. The molecule has 4 aromatic rings. The minimum absolute atomic E-state index is 0.0459. The van der Waals surface area contributed by atoms with Crippen LogP contribution in [0.3, 0.4) is 0 Å².